The molecule has 2 aromatic heterocycles. The average Bonchev–Trinajstić information content (AvgIpc) is 3.42. The Balaban J connectivity index is 1.42. The lowest BCUT2D eigenvalue weighted by Gasteiger charge is -2.40. The van der Waals surface area contributed by atoms with Gasteiger partial charge in [-0.1, -0.05) is 36.2 Å². The first-order valence-electron chi connectivity index (χ1n) is 11.6. The maximum absolute atomic E-state index is 13.9. The van der Waals surface area contributed by atoms with Gasteiger partial charge < -0.3 is 14.6 Å². The molecule has 2 atom stereocenters. The maximum atomic E-state index is 13.9. The van der Waals surface area contributed by atoms with Crippen LogP contribution in [0.15, 0.2) is 53.1 Å². The molecule has 7 nitrogen and oxygen atoms in total. The second kappa shape index (κ2) is 9.14. The third kappa shape index (κ3) is 4.28. The molecule has 1 aliphatic heterocycles. The molecule has 1 aliphatic rings. The van der Waals surface area contributed by atoms with E-state index >= 15 is 0 Å². The van der Waals surface area contributed by atoms with E-state index in [0.717, 1.165) is 36.2 Å². The lowest BCUT2D eigenvalue weighted by molar-refractivity contribution is 0.0540. The first-order valence-corrected chi connectivity index (χ1v) is 12.0. The van der Waals surface area contributed by atoms with Crippen LogP contribution in [0.2, 0.25) is 5.02 Å². The smallest absolute Gasteiger partial charge is 0.295 e. The van der Waals surface area contributed by atoms with E-state index in [1.807, 2.05) is 49.2 Å². The van der Waals surface area contributed by atoms with Gasteiger partial charge in [0, 0.05) is 42.5 Å². The fraction of sp³-hybridized carbons (Fsp3) is 0.346. The second-order valence-electron chi connectivity index (χ2n) is 9.09. The molecular weight excluding hydrogens is 450 g/mol. The van der Waals surface area contributed by atoms with Crippen molar-refractivity contribution in [1.29, 1.82) is 0 Å². The monoisotopic (exact) mass is 477 g/mol. The predicted molar refractivity (Wildman–Crippen MR) is 134 cm³/mol. The van der Waals surface area contributed by atoms with Crippen molar-refractivity contribution < 1.29 is 9.21 Å². The van der Waals surface area contributed by atoms with Gasteiger partial charge in [0.15, 0.2) is 5.58 Å². The van der Waals surface area contributed by atoms with Crippen LogP contribution >= 0.6 is 11.6 Å². The zero-order valence-electron chi connectivity index (χ0n) is 19.6. The molecule has 1 N–H and O–H groups in total. The number of hydrogen-bond donors (Lipinski definition) is 1. The van der Waals surface area contributed by atoms with Crippen LogP contribution in [0, 0.1) is 12.8 Å². The van der Waals surface area contributed by atoms with Crippen LogP contribution in [-0.2, 0) is 7.05 Å². The Morgan fingerprint density at radius 2 is 2.09 bits per heavy atom. The number of nitrogens with one attached hydrogen (secondary N) is 1. The Labute approximate surface area is 203 Å². The number of carbonyl (C=O) groups excluding carboxylic acids is 1. The number of nitrogens with zero attached hydrogens (tertiary/aromatic N) is 4. The summed E-state index contributed by atoms with van der Waals surface area (Å²) in [6, 6.07) is 13.8. The van der Waals surface area contributed by atoms with Crippen molar-refractivity contribution in [2.45, 2.75) is 32.7 Å². The molecular formula is C26H28ClN5O2. The SMILES string of the molecule is Cc1ccc(-c2ccnn2C)c(C(=O)N2CCC[C@@H](C)C2CNc2nc3cc(Cl)ccc3o2)c1. The third-order valence-electron chi connectivity index (χ3n) is 6.69. The maximum Gasteiger partial charge on any atom is 0.295 e. The minimum absolute atomic E-state index is 0.0137. The predicted octanol–water partition coefficient (Wildman–Crippen LogP) is 5.54. The number of fused-ring (bicyclic) bond motifs is 1. The van der Waals surface area contributed by atoms with Gasteiger partial charge in [-0.3, -0.25) is 9.48 Å². The molecule has 1 amide bonds. The van der Waals surface area contributed by atoms with Crippen molar-refractivity contribution in [1.82, 2.24) is 19.7 Å². The molecule has 0 bridgehead atoms. The number of benzene rings is 2. The molecule has 0 saturated carbocycles. The van der Waals surface area contributed by atoms with E-state index in [4.69, 9.17) is 16.0 Å². The second-order valence-corrected chi connectivity index (χ2v) is 9.52. The quantitative estimate of drug-likeness (QED) is 0.408. The molecule has 5 rings (SSSR count). The highest BCUT2D eigenvalue weighted by Crippen LogP contribution is 2.30. The van der Waals surface area contributed by atoms with Crippen molar-refractivity contribution >= 4 is 34.6 Å². The molecule has 1 fully saturated rings. The summed E-state index contributed by atoms with van der Waals surface area (Å²) in [5.74, 6) is 0.386. The summed E-state index contributed by atoms with van der Waals surface area (Å²) in [4.78, 5) is 20.5. The normalized spacial score (nSPS) is 18.4. The number of hydrogen-bond acceptors (Lipinski definition) is 5. The molecule has 0 radical (unpaired) electrons. The molecule has 1 saturated heterocycles. The molecule has 34 heavy (non-hydrogen) atoms. The van der Waals surface area contributed by atoms with Crippen LogP contribution in [0.25, 0.3) is 22.4 Å². The van der Waals surface area contributed by atoms with Gasteiger partial charge in [0.05, 0.1) is 11.7 Å². The van der Waals surface area contributed by atoms with E-state index in [-0.39, 0.29) is 11.9 Å². The average molecular weight is 478 g/mol. The number of oxazole rings is 1. The molecule has 0 aliphatic carbocycles. The van der Waals surface area contributed by atoms with Crippen LogP contribution < -0.4 is 5.32 Å². The standard InChI is InChI=1S/C26H28ClN5O2/c1-16-6-8-19(22-10-11-29-31(22)3)20(13-16)25(33)32-12-4-5-17(2)23(32)15-28-26-30-21-14-18(27)7-9-24(21)34-26/h6-11,13-14,17,23H,4-5,12,15H2,1-3H3,(H,28,30)/t17-,23?/m1/s1. The van der Waals surface area contributed by atoms with Gasteiger partial charge in [-0.05, 0) is 56.0 Å². The van der Waals surface area contributed by atoms with E-state index in [0.29, 0.717) is 40.2 Å². The van der Waals surface area contributed by atoms with Gasteiger partial charge in [-0.15, -0.1) is 0 Å². The van der Waals surface area contributed by atoms with Crippen molar-refractivity contribution in [3.63, 3.8) is 0 Å². The van der Waals surface area contributed by atoms with Gasteiger partial charge >= 0.3 is 0 Å². The minimum atomic E-state index is 0.0137. The lowest BCUT2D eigenvalue weighted by Crippen LogP contribution is -2.51. The largest absolute Gasteiger partial charge is 0.424 e. The van der Waals surface area contributed by atoms with Crippen molar-refractivity contribution in [2.75, 3.05) is 18.4 Å². The third-order valence-corrected chi connectivity index (χ3v) is 6.93. The van der Waals surface area contributed by atoms with Gasteiger partial charge in [0.1, 0.15) is 5.52 Å². The molecule has 2 aromatic carbocycles. The fourth-order valence-electron chi connectivity index (χ4n) is 4.83. The van der Waals surface area contributed by atoms with E-state index in [9.17, 15) is 4.79 Å². The highest BCUT2D eigenvalue weighted by atomic mass is 35.5. The summed E-state index contributed by atoms with van der Waals surface area (Å²) in [5.41, 5.74) is 4.97. The van der Waals surface area contributed by atoms with Crippen LogP contribution in [-0.4, -0.2) is 44.7 Å². The van der Waals surface area contributed by atoms with Crippen molar-refractivity contribution in [2.24, 2.45) is 13.0 Å². The van der Waals surface area contributed by atoms with Gasteiger partial charge in [-0.25, -0.2) is 0 Å². The first kappa shape index (κ1) is 22.5. The summed E-state index contributed by atoms with van der Waals surface area (Å²) in [6.07, 6.45) is 3.81. The number of amides is 1. The minimum Gasteiger partial charge on any atom is -0.424 e. The molecule has 176 valence electrons. The number of likely N-dealkylation sites (tertiary alicyclic amines) is 1. The highest BCUT2D eigenvalue weighted by molar-refractivity contribution is 6.31. The van der Waals surface area contributed by atoms with E-state index in [1.165, 1.54) is 0 Å². The topological polar surface area (TPSA) is 76.2 Å². The molecule has 1 unspecified atom stereocenters. The summed E-state index contributed by atoms with van der Waals surface area (Å²) in [6.45, 7) is 5.49. The number of piperidine rings is 1. The number of carbonyl (C=O) groups is 1. The Bertz CT molecular complexity index is 1340. The van der Waals surface area contributed by atoms with Crippen LogP contribution in [0.4, 0.5) is 6.01 Å². The molecule has 4 aromatic rings. The Hall–Kier alpha value is -3.32. The molecule has 0 spiro atoms. The van der Waals surface area contributed by atoms with E-state index < -0.39 is 0 Å². The summed E-state index contributed by atoms with van der Waals surface area (Å²) in [7, 11) is 1.90. The Morgan fingerprint density at radius 1 is 1.24 bits per heavy atom. The summed E-state index contributed by atoms with van der Waals surface area (Å²) in [5, 5.41) is 8.24. The number of rotatable bonds is 5. The first-order chi connectivity index (χ1) is 16.4. The van der Waals surface area contributed by atoms with Gasteiger partial charge in [0.25, 0.3) is 11.9 Å². The molecule has 8 heteroatoms. The highest BCUT2D eigenvalue weighted by Gasteiger charge is 2.33. The zero-order chi connectivity index (χ0) is 23.8. The Kier molecular flexibility index (Phi) is 6.04. The number of halogens is 1. The summed E-state index contributed by atoms with van der Waals surface area (Å²) < 4.78 is 7.64. The van der Waals surface area contributed by atoms with Crippen LogP contribution in [0.5, 0.6) is 0 Å². The van der Waals surface area contributed by atoms with Crippen LogP contribution in [0.1, 0.15) is 35.7 Å². The number of anilines is 1. The Morgan fingerprint density at radius 3 is 2.88 bits per heavy atom. The fourth-order valence-corrected chi connectivity index (χ4v) is 5.00. The summed E-state index contributed by atoms with van der Waals surface area (Å²) >= 11 is 6.08. The number of aryl methyl sites for hydroxylation is 2. The zero-order valence-corrected chi connectivity index (χ0v) is 20.3. The van der Waals surface area contributed by atoms with Gasteiger partial charge in [-0.2, -0.15) is 10.1 Å². The van der Waals surface area contributed by atoms with Crippen molar-refractivity contribution in [3.8, 4) is 11.3 Å². The van der Waals surface area contributed by atoms with E-state index in [2.05, 4.69) is 22.3 Å². The number of aromatic nitrogens is 3. The lowest BCUT2D eigenvalue weighted by atomic mass is 9.89. The van der Waals surface area contributed by atoms with Crippen LogP contribution in [0.3, 0.4) is 0 Å². The molecule has 3 heterocycles. The van der Waals surface area contributed by atoms with Crippen molar-refractivity contribution in [3.05, 3.63) is 64.8 Å². The van der Waals surface area contributed by atoms with E-state index in [1.54, 1.807) is 23.0 Å². The van der Waals surface area contributed by atoms with Gasteiger partial charge in [0.2, 0.25) is 0 Å².